The first-order valence-corrected chi connectivity index (χ1v) is 12.5. The second-order valence-electron chi connectivity index (χ2n) is 8.50. The number of hydrogen-bond acceptors (Lipinski definition) is 5. The SMILES string of the molecule is CCN(c1ccc(NC(=O)CCc2nc3cc(S(=O)(=O)N(C)C)ccc3n2C)cc1)C(C)C. The zero-order chi connectivity index (χ0) is 24.3. The summed E-state index contributed by atoms with van der Waals surface area (Å²) in [5, 5.41) is 2.94. The third-order valence-electron chi connectivity index (χ3n) is 5.75. The molecule has 0 saturated heterocycles. The van der Waals surface area contributed by atoms with E-state index in [2.05, 4.69) is 36.0 Å². The Hall–Kier alpha value is -2.91. The van der Waals surface area contributed by atoms with Crippen molar-refractivity contribution in [2.45, 2.75) is 44.6 Å². The third-order valence-corrected chi connectivity index (χ3v) is 7.56. The highest BCUT2D eigenvalue weighted by Crippen LogP contribution is 2.23. The number of nitrogens with one attached hydrogen (secondary N) is 1. The number of sulfonamides is 1. The first kappa shape index (κ1) is 24.7. The average Bonchev–Trinajstić information content (AvgIpc) is 3.08. The summed E-state index contributed by atoms with van der Waals surface area (Å²) in [6.45, 7) is 7.35. The summed E-state index contributed by atoms with van der Waals surface area (Å²) in [5.74, 6) is 0.632. The van der Waals surface area contributed by atoms with Crippen molar-refractivity contribution in [1.29, 1.82) is 0 Å². The molecule has 1 amide bonds. The molecule has 0 bridgehead atoms. The lowest BCUT2D eigenvalue weighted by molar-refractivity contribution is -0.116. The molecule has 3 rings (SSSR count). The van der Waals surface area contributed by atoms with Crippen molar-refractivity contribution in [3.8, 4) is 0 Å². The van der Waals surface area contributed by atoms with Gasteiger partial charge in [-0.2, -0.15) is 0 Å². The van der Waals surface area contributed by atoms with Crippen LogP contribution in [-0.4, -0.2) is 54.9 Å². The Morgan fingerprint density at radius 3 is 2.36 bits per heavy atom. The first-order valence-electron chi connectivity index (χ1n) is 11.1. The molecular weight excluding hydrogens is 438 g/mol. The van der Waals surface area contributed by atoms with E-state index in [1.165, 1.54) is 18.4 Å². The highest BCUT2D eigenvalue weighted by Gasteiger charge is 2.19. The second kappa shape index (κ2) is 9.93. The molecule has 178 valence electrons. The summed E-state index contributed by atoms with van der Waals surface area (Å²) in [5.41, 5.74) is 3.30. The molecule has 0 saturated carbocycles. The van der Waals surface area contributed by atoms with Crippen LogP contribution < -0.4 is 10.2 Å². The summed E-state index contributed by atoms with van der Waals surface area (Å²) in [7, 11) is 1.34. The molecule has 33 heavy (non-hydrogen) atoms. The van der Waals surface area contributed by atoms with Crippen LogP contribution in [0.25, 0.3) is 11.0 Å². The van der Waals surface area contributed by atoms with Gasteiger partial charge in [-0.1, -0.05) is 0 Å². The van der Waals surface area contributed by atoms with Gasteiger partial charge in [0, 0.05) is 57.9 Å². The molecule has 0 radical (unpaired) electrons. The summed E-state index contributed by atoms with van der Waals surface area (Å²) < 4.78 is 27.9. The lowest BCUT2D eigenvalue weighted by Crippen LogP contribution is -2.30. The molecule has 0 fully saturated rings. The monoisotopic (exact) mass is 471 g/mol. The van der Waals surface area contributed by atoms with E-state index in [1.54, 1.807) is 18.2 Å². The number of imidazole rings is 1. The Labute approximate surface area is 196 Å². The average molecular weight is 472 g/mol. The highest BCUT2D eigenvalue weighted by molar-refractivity contribution is 7.89. The minimum Gasteiger partial charge on any atom is -0.369 e. The van der Waals surface area contributed by atoms with Gasteiger partial charge in [-0.3, -0.25) is 4.79 Å². The van der Waals surface area contributed by atoms with Crippen LogP contribution in [0.5, 0.6) is 0 Å². The fourth-order valence-electron chi connectivity index (χ4n) is 3.86. The molecule has 0 atom stereocenters. The van der Waals surface area contributed by atoms with Crippen LogP contribution in [0, 0.1) is 0 Å². The molecule has 9 heteroatoms. The van der Waals surface area contributed by atoms with Crippen molar-refractivity contribution in [1.82, 2.24) is 13.9 Å². The number of carbonyl (C=O) groups is 1. The van der Waals surface area contributed by atoms with E-state index in [9.17, 15) is 13.2 Å². The first-order chi connectivity index (χ1) is 15.5. The largest absolute Gasteiger partial charge is 0.369 e. The number of hydrogen-bond donors (Lipinski definition) is 1. The van der Waals surface area contributed by atoms with Gasteiger partial charge in [0.1, 0.15) is 5.82 Å². The van der Waals surface area contributed by atoms with Gasteiger partial charge < -0.3 is 14.8 Å². The van der Waals surface area contributed by atoms with Gasteiger partial charge >= 0.3 is 0 Å². The van der Waals surface area contributed by atoms with E-state index in [4.69, 9.17) is 0 Å². The number of amides is 1. The van der Waals surface area contributed by atoms with Crippen LogP contribution in [-0.2, 0) is 28.3 Å². The number of carbonyl (C=O) groups excluding carboxylic acids is 1. The second-order valence-corrected chi connectivity index (χ2v) is 10.7. The molecule has 1 heterocycles. The molecule has 1 aromatic heterocycles. The molecule has 0 spiro atoms. The molecule has 0 aliphatic carbocycles. The van der Waals surface area contributed by atoms with Gasteiger partial charge in [0.05, 0.1) is 15.9 Å². The fraction of sp³-hybridized carbons (Fsp3) is 0.417. The highest BCUT2D eigenvalue weighted by atomic mass is 32.2. The van der Waals surface area contributed by atoms with Gasteiger partial charge in [0.25, 0.3) is 0 Å². The van der Waals surface area contributed by atoms with Crippen LogP contribution in [0.4, 0.5) is 11.4 Å². The Balaban J connectivity index is 1.67. The standard InChI is InChI=1S/C24H33N5O3S/c1-7-29(17(2)3)19-10-8-18(9-11-19)25-24(30)15-14-23-26-21-16-20(33(31,32)27(4)5)12-13-22(21)28(23)6/h8-13,16-17H,7,14-15H2,1-6H3,(H,25,30). The number of anilines is 2. The van der Waals surface area contributed by atoms with Gasteiger partial charge in [-0.25, -0.2) is 17.7 Å². The predicted molar refractivity (Wildman–Crippen MR) is 133 cm³/mol. The number of aryl methyl sites for hydroxylation is 2. The Kier molecular flexibility index (Phi) is 7.44. The van der Waals surface area contributed by atoms with Gasteiger partial charge in [-0.15, -0.1) is 0 Å². The fourth-order valence-corrected chi connectivity index (χ4v) is 4.78. The quantitative estimate of drug-likeness (QED) is 0.515. The number of benzene rings is 2. The summed E-state index contributed by atoms with van der Waals surface area (Å²) >= 11 is 0. The maximum absolute atomic E-state index is 12.5. The maximum Gasteiger partial charge on any atom is 0.242 e. The van der Waals surface area contributed by atoms with E-state index in [0.717, 1.165) is 29.3 Å². The lowest BCUT2D eigenvalue weighted by Gasteiger charge is -2.27. The van der Waals surface area contributed by atoms with Crippen LogP contribution in [0.1, 0.15) is 33.0 Å². The molecular formula is C24H33N5O3S. The van der Waals surface area contributed by atoms with Crippen LogP contribution in [0.3, 0.4) is 0 Å². The van der Waals surface area contributed by atoms with E-state index in [0.29, 0.717) is 18.0 Å². The molecule has 2 aromatic carbocycles. The van der Waals surface area contributed by atoms with Crippen molar-refractivity contribution < 1.29 is 13.2 Å². The predicted octanol–water partition coefficient (Wildman–Crippen LogP) is 3.63. The van der Waals surface area contributed by atoms with E-state index in [1.807, 2.05) is 35.9 Å². The Bertz CT molecular complexity index is 1230. The van der Waals surface area contributed by atoms with Gasteiger partial charge in [0.2, 0.25) is 15.9 Å². The van der Waals surface area contributed by atoms with Crippen molar-refractivity contribution in [3.63, 3.8) is 0 Å². The molecule has 0 unspecified atom stereocenters. The molecule has 0 aliphatic rings. The number of fused-ring (bicyclic) bond motifs is 1. The normalized spacial score (nSPS) is 12.0. The number of nitrogens with zero attached hydrogens (tertiary/aromatic N) is 4. The van der Waals surface area contributed by atoms with Gasteiger partial charge in [-0.05, 0) is 63.2 Å². The summed E-state index contributed by atoms with van der Waals surface area (Å²) in [4.78, 5) is 19.6. The molecule has 1 N–H and O–H groups in total. The molecule has 3 aromatic rings. The lowest BCUT2D eigenvalue weighted by atomic mass is 10.2. The Morgan fingerprint density at radius 2 is 1.79 bits per heavy atom. The zero-order valence-corrected chi connectivity index (χ0v) is 21.0. The van der Waals surface area contributed by atoms with Crippen molar-refractivity contribution >= 4 is 38.3 Å². The smallest absolute Gasteiger partial charge is 0.242 e. The van der Waals surface area contributed by atoms with E-state index in [-0.39, 0.29) is 17.2 Å². The van der Waals surface area contributed by atoms with Crippen molar-refractivity contribution in [2.75, 3.05) is 30.9 Å². The molecule has 0 aliphatic heterocycles. The van der Waals surface area contributed by atoms with E-state index >= 15 is 0 Å². The Morgan fingerprint density at radius 1 is 1.12 bits per heavy atom. The number of rotatable bonds is 9. The molecule has 8 nitrogen and oxygen atoms in total. The zero-order valence-electron chi connectivity index (χ0n) is 20.2. The topological polar surface area (TPSA) is 87.5 Å². The van der Waals surface area contributed by atoms with Crippen molar-refractivity contribution in [3.05, 3.63) is 48.3 Å². The summed E-state index contributed by atoms with van der Waals surface area (Å²) in [6.07, 6.45) is 0.719. The van der Waals surface area contributed by atoms with Crippen molar-refractivity contribution in [2.24, 2.45) is 7.05 Å². The van der Waals surface area contributed by atoms with Crippen LogP contribution >= 0.6 is 0 Å². The van der Waals surface area contributed by atoms with Gasteiger partial charge in [0.15, 0.2) is 0 Å². The maximum atomic E-state index is 12.5. The summed E-state index contributed by atoms with van der Waals surface area (Å²) in [6, 6.07) is 13.2. The van der Waals surface area contributed by atoms with Crippen LogP contribution in [0.15, 0.2) is 47.4 Å². The minimum absolute atomic E-state index is 0.0955. The number of aromatic nitrogens is 2. The van der Waals surface area contributed by atoms with Crippen LogP contribution in [0.2, 0.25) is 0 Å². The minimum atomic E-state index is -3.53. The van der Waals surface area contributed by atoms with E-state index < -0.39 is 10.0 Å². The third kappa shape index (κ3) is 5.36.